The van der Waals surface area contributed by atoms with Crippen molar-refractivity contribution in [1.29, 1.82) is 0 Å². The standard InChI is InChI=1S/C13H14BrN5O3/c1-17-7-9(5-16-17)12-8-18(2-3-22-12)10-4-11(14)13(15-6-10)19(20)21/h4-7,12H,2-3,8H2,1H3. The molecule has 116 valence electrons. The quantitative estimate of drug-likeness (QED) is 0.609. The Hall–Kier alpha value is -2.00. The number of hydrogen-bond acceptors (Lipinski definition) is 6. The fourth-order valence-corrected chi connectivity index (χ4v) is 2.90. The summed E-state index contributed by atoms with van der Waals surface area (Å²) < 4.78 is 7.90. The lowest BCUT2D eigenvalue weighted by molar-refractivity contribution is -0.390. The highest BCUT2D eigenvalue weighted by molar-refractivity contribution is 9.10. The van der Waals surface area contributed by atoms with Crippen LogP contribution in [0.5, 0.6) is 0 Å². The first kappa shape index (κ1) is 14.9. The lowest BCUT2D eigenvalue weighted by atomic mass is 10.1. The summed E-state index contributed by atoms with van der Waals surface area (Å²) in [5, 5.41) is 15.0. The third-order valence-corrected chi connectivity index (χ3v) is 4.09. The van der Waals surface area contributed by atoms with Crippen molar-refractivity contribution in [1.82, 2.24) is 14.8 Å². The summed E-state index contributed by atoms with van der Waals surface area (Å²) in [5.41, 5.74) is 1.84. The molecule has 1 aliphatic rings. The molecular weight excluding hydrogens is 354 g/mol. The van der Waals surface area contributed by atoms with Crippen LogP contribution in [-0.2, 0) is 11.8 Å². The lowest BCUT2D eigenvalue weighted by Crippen LogP contribution is -2.38. The van der Waals surface area contributed by atoms with E-state index in [1.165, 1.54) is 6.20 Å². The van der Waals surface area contributed by atoms with E-state index in [1.807, 2.05) is 13.2 Å². The third-order valence-electron chi connectivity index (χ3n) is 3.51. The number of rotatable bonds is 3. The second-order valence-electron chi connectivity index (χ2n) is 5.01. The second kappa shape index (κ2) is 6.01. The van der Waals surface area contributed by atoms with Crippen LogP contribution < -0.4 is 4.90 Å². The molecule has 2 aromatic heterocycles. The van der Waals surface area contributed by atoms with E-state index in [4.69, 9.17) is 4.74 Å². The summed E-state index contributed by atoms with van der Waals surface area (Å²) in [6.45, 7) is 1.94. The number of hydrogen-bond donors (Lipinski definition) is 0. The van der Waals surface area contributed by atoms with Gasteiger partial charge in [0.15, 0.2) is 6.20 Å². The van der Waals surface area contributed by atoms with Crippen LogP contribution in [0.15, 0.2) is 29.1 Å². The van der Waals surface area contributed by atoms with Gasteiger partial charge in [0, 0.05) is 31.9 Å². The van der Waals surface area contributed by atoms with Gasteiger partial charge in [0.2, 0.25) is 0 Å². The van der Waals surface area contributed by atoms with Crippen molar-refractivity contribution in [3.8, 4) is 0 Å². The average Bonchev–Trinajstić information content (AvgIpc) is 2.93. The van der Waals surface area contributed by atoms with Gasteiger partial charge in [-0.1, -0.05) is 0 Å². The summed E-state index contributed by atoms with van der Waals surface area (Å²) in [6.07, 6.45) is 5.17. The number of morpholine rings is 1. The molecule has 1 aliphatic heterocycles. The van der Waals surface area contributed by atoms with Crippen LogP contribution in [0.3, 0.4) is 0 Å². The van der Waals surface area contributed by atoms with Crippen LogP contribution in [0.2, 0.25) is 0 Å². The Bertz CT molecular complexity index is 705. The van der Waals surface area contributed by atoms with Crippen molar-refractivity contribution in [2.75, 3.05) is 24.6 Å². The third kappa shape index (κ3) is 2.95. The van der Waals surface area contributed by atoms with Crippen LogP contribution in [0.25, 0.3) is 0 Å². The molecule has 2 aromatic rings. The van der Waals surface area contributed by atoms with Gasteiger partial charge in [-0.3, -0.25) is 4.68 Å². The molecule has 3 heterocycles. The molecule has 0 bridgehead atoms. The van der Waals surface area contributed by atoms with Gasteiger partial charge in [0.25, 0.3) is 0 Å². The van der Waals surface area contributed by atoms with E-state index >= 15 is 0 Å². The molecule has 0 aromatic carbocycles. The summed E-state index contributed by atoms with van der Waals surface area (Å²) in [7, 11) is 1.86. The number of pyridine rings is 1. The van der Waals surface area contributed by atoms with E-state index in [2.05, 4.69) is 30.9 Å². The number of ether oxygens (including phenoxy) is 1. The molecule has 0 N–H and O–H groups in total. The van der Waals surface area contributed by atoms with E-state index in [0.29, 0.717) is 24.2 Å². The summed E-state index contributed by atoms with van der Waals surface area (Å²) >= 11 is 3.20. The van der Waals surface area contributed by atoms with Gasteiger partial charge in [-0.2, -0.15) is 5.10 Å². The Labute approximate surface area is 135 Å². The Morgan fingerprint density at radius 3 is 2.95 bits per heavy atom. The number of nitrogens with zero attached hydrogens (tertiary/aromatic N) is 5. The van der Waals surface area contributed by atoms with Gasteiger partial charge in [-0.05, 0) is 31.9 Å². The normalized spacial score (nSPS) is 18.5. The highest BCUT2D eigenvalue weighted by Gasteiger charge is 2.25. The fourth-order valence-electron chi connectivity index (χ4n) is 2.42. The molecule has 8 nitrogen and oxygen atoms in total. The Balaban J connectivity index is 1.80. The highest BCUT2D eigenvalue weighted by atomic mass is 79.9. The SMILES string of the molecule is Cn1cc(C2CN(c3cnc([N+](=O)[O-])c(Br)c3)CCO2)cn1. The number of aromatic nitrogens is 3. The molecule has 9 heteroatoms. The molecule has 1 saturated heterocycles. The molecule has 0 saturated carbocycles. The van der Waals surface area contributed by atoms with Crippen LogP contribution in [0.4, 0.5) is 11.5 Å². The van der Waals surface area contributed by atoms with Crippen molar-refractivity contribution in [2.45, 2.75) is 6.10 Å². The Morgan fingerprint density at radius 2 is 2.32 bits per heavy atom. The van der Waals surface area contributed by atoms with Crippen LogP contribution in [0, 0.1) is 10.1 Å². The first-order chi connectivity index (χ1) is 10.5. The molecule has 1 unspecified atom stereocenters. The summed E-state index contributed by atoms with van der Waals surface area (Å²) in [5.74, 6) is -0.180. The Kier molecular flexibility index (Phi) is 4.08. The van der Waals surface area contributed by atoms with Crippen LogP contribution in [-0.4, -0.2) is 39.4 Å². The maximum atomic E-state index is 10.8. The molecule has 3 rings (SSSR count). The predicted octanol–water partition coefficient (Wildman–Crippen LogP) is 2.06. The minimum atomic E-state index is -0.508. The molecule has 0 spiro atoms. The predicted molar refractivity (Wildman–Crippen MR) is 82.7 cm³/mol. The summed E-state index contributed by atoms with van der Waals surface area (Å²) in [6, 6.07) is 1.72. The minimum absolute atomic E-state index is 0.0728. The van der Waals surface area contributed by atoms with Crippen molar-refractivity contribution in [2.24, 2.45) is 7.05 Å². The fraction of sp³-hybridized carbons (Fsp3) is 0.385. The zero-order valence-corrected chi connectivity index (χ0v) is 13.4. The van der Waals surface area contributed by atoms with E-state index in [1.54, 1.807) is 16.9 Å². The van der Waals surface area contributed by atoms with E-state index < -0.39 is 4.92 Å². The van der Waals surface area contributed by atoms with Crippen molar-refractivity contribution in [3.05, 3.63) is 44.8 Å². The minimum Gasteiger partial charge on any atom is -0.370 e. The van der Waals surface area contributed by atoms with Gasteiger partial charge in [0.1, 0.15) is 10.6 Å². The Morgan fingerprint density at radius 1 is 1.50 bits per heavy atom. The second-order valence-corrected chi connectivity index (χ2v) is 5.86. The number of nitro groups is 1. The van der Waals surface area contributed by atoms with Crippen molar-refractivity contribution in [3.63, 3.8) is 0 Å². The molecular formula is C13H14BrN5O3. The van der Waals surface area contributed by atoms with Crippen molar-refractivity contribution < 1.29 is 9.66 Å². The average molecular weight is 368 g/mol. The van der Waals surface area contributed by atoms with Gasteiger partial charge < -0.3 is 19.8 Å². The molecule has 0 aliphatic carbocycles. The van der Waals surface area contributed by atoms with E-state index in [0.717, 1.165) is 11.3 Å². The highest BCUT2D eigenvalue weighted by Crippen LogP contribution is 2.30. The molecule has 0 radical (unpaired) electrons. The van der Waals surface area contributed by atoms with Crippen LogP contribution in [0.1, 0.15) is 11.7 Å². The monoisotopic (exact) mass is 367 g/mol. The molecule has 1 atom stereocenters. The topological polar surface area (TPSA) is 86.3 Å². The van der Waals surface area contributed by atoms with E-state index in [9.17, 15) is 10.1 Å². The molecule has 22 heavy (non-hydrogen) atoms. The maximum absolute atomic E-state index is 10.8. The van der Waals surface area contributed by atoms with Gasteiger partial charge >= 0.3 is 5.82 Å². The summed E-state index contributed by atoms with van der Waals surface area (Å²) in [4.78, 5) is 16.3. The molecule has 0 amide bonds. The van der Waals surface area contributed by atoms with Gasteiger partial charge in [-0.15, -0.1) is 0 Å². The largest absolute Gasteiger partial charge is 0.377 e. The lowest BCUT2D eigenvalue weighted by Gasteiger charge is -2.33. The zero-order valence-electron chi connectivity index (χ0n) is 11.8. The van der Waals surface area contributed by atoms with Crippen LogP contribution >= 0.6 is 15.9 Å². The number of anilines is 1. The maximum Gasteiger partial charge on any atom is 0.377 e. The first-order valence-electron chi connectivity index (χ1n) is 6.69. The first-order valence-corrected chi connectivity index (χ1v) is 7.49. The smallest absolute Gasteiger partial charge is 0.370 e. The zero-order chi connectivity index (χ0) is 15.7. The van der Waals surface area contributed by atoms with Gasteiger partial charge in [-0.25, -0.2) is 0 Å². The van der Waals surface area contributed by atoms with E-state index in [-0.39, 0.29) is 11.9 Å². The van der Waals surface area contributed by atoms with Gasteiger partial charge in [0.05, 0.1) is 18.5 Å². The molecule has 1 fully saturated rings. The van der Waals surface area contributed by atoms with Crippen molar-refractivity contribution >= 4 is 27.4 Å². The number of halogens is 1. The number of aryl methyl sites for hydroxylation is 1.